The Kier molecular flexibility index (Phi) is 3.62. The number of esters is 1. The van der Waals surface area contributed by atoms with Gasteiger partial charge in [0.05, 0.1) is 12.2 Å². The van der Waals surface area contributed by atoms with Gasteiger partial charge in [0, 0.05) is 0 Å². The molecular formula is C15H18O2. The molecule has 0 aliphatic heterocycles. The van der Waals surface area contributed by atoms with E-state index in [1.54, 1.807) is 0 Å². The first-order valence-electron chi connectivity index (χ1n) is 6.21. The fourth-order valence-corrected chi connectivity index (χ4v) is 2.39. The highest BCUT2D eigenvalue weighted by molar-refractivity contribution is 6.16. The number of benzene rings is 1. The predicted octanol–water partition coefficient (Wildman–Crippen LogP) is 3.14. The zero-order valence-electron chi connectivity index (χ0n) is 10.3. The van der Waals surface area contributed by atoms with Crippen LogP contribution in [0.4, 0.5) is 0 Å². The molecule has 0 saturated carbocycles. The Balaban J connectivity index is 2.32. The van der Waals surface area contributed by atoms with Gasteiger partial charge < -0.3 is 4.74 Å². The van der Waals surface area contributed by atoms with Crippen LogP contribution in [0.5, 0.6) is 0 Å². The Labute approximate surface area is 102 Å². The van der Waals surface area contributed by atoms with Crippen molar-refractivity contribution in [2.45, 2.75) is 32.6 Å². The second-order valence-corrected chi connectivity index (χ2v) is 4.35. The van der Waals surface area contributed by atoms with Crippen LogP contribution >= 0.6 is 0 Å². The van der Waals surface area contributed by atoms with Gasteiger partial charge in [-0.25, -0.2) is 4.79 Å². The molecule has 2 nitrogen and oxygen atoms in total. The van der Waals surface area contributed by atoms with Gasteiger partial charge in [-0.15, -0.1) is 0 Å². The topological polar surface area (TPSA) is 26.3 Å². The van der Waals surface area contributed by atoms with Crippen LogP contribution in [0.25, 0.3) is 5.57 Å². The van der Waals surface area contributed by atoms with Gasteiger partial charge in [-0.1, -0.05) is 24.8 Å². The summed E-state index contributed by atoms with van der Waals surface area (Å²) in [4.78, 5) is 11.7. The molecule has 1 aromatic rings. The van der Waals surface area contributed by atoms with Gasteiger partial charge in [0.2, 0.25) is 0 Å². The summed E-state index contributed by atoms with van der Waals surface area (Å²) in [6.45, 7) is 6.08. The molecule has 0 amide bonds. The molecule has 1 aromatic carbocycles. The number of carbonyl (C=O) groups excluding carboxylic acids is 1. The molecule has 0 aromatic heterocycles. The van der Waals surface area contributed by atoms with Crippen LogP contribution in [-0.4, -0.2) is 12.6 Å². The highest BCUT2D eigenvalue weighted by atomic mass is 16.5. The fourth-order valence-electron chi connectivity index (χ4n) is 2.39. The first-order valence-corrected chi connectivity index (χ1v) is 6.21. The monoisotopic (exact) mass is 230 g/mol. The number of rotatable bonds is 3. The molecule has 17 heavy (non-hydrogen) atoms. The van der Waals surface area contributed by atoms with E-state index in [1.165, 1.54) is 24.0 Å². The van der Waals surface area contributed by atoms with Crippen LogP contribution in [0.15, 0.2) is 24.8 Å². The van der Waals surface area contributed by atoms with Crippen molar-refractivity contribution in [3.63, 3.8) is 0 Å². The van der Waals surface area contributed by atoms with Crippen molar-refractivity contribution in [2.75, 3.05) is 6.61 Å². The largest absolute Gasteiger partial charge is 0.462 e. The van der Waals surface area contributed by atoms with E-state index in [-0.39, 0.29) is 5.97 Å². The first kappa shape index (κ1) is 11.9. The SMILES string of the molecule is C=C(C(=O)OCC)c1cccc2c1CCCC2. The molecule has 0 bridgehead atoms. The number of hydrogen-bond acceptors (Lipinski definition) is 2. The molecule has 0 N–H and O–H groups in total. The third kappa shape index (κ3) is 2.41. The second kappa shape index (κ2) is 5.17. The zero-order valence-corrected chi connectivity index (χ0v) is 10.3. The molecule has 0 fully saturated rings. The molecule has 0 unspecified atom stereocenters. The number of fused-ring (bicyclic) bond motifs is 1. The van der Waals surface area contributed by atoms with Gasteiger partial charge in [-0.2, -0.15) is 0 Å². The minimum Gasteiger partial charge on any atom is -0.462 e. The maximum atomic E-state index is 11.7. The molecule has 0 spiro atoms. The summed E-state index contributed by atoms with van der Waals surface area (Å²) in [6, 6.07) is 6.13. The van der Waals surface area contributed by atoms with Crippen molar-refractivity contribution >= 4 is 11.5 Å². The third-order valence-corrected chi connectivity index (χ3v) is 3.24. The van der Waals surface area contributed by atoms with Crippen molar-refractivity contribution in [2.24, 2.45) is 0 Å². The summed E-state index contributed by atoms with van der Waals surface area (Å²) in [5.74, 6) is -0.300. The maximum absolute atomic E-state index is 11.7. The van der Waals surface area contributed by atoms with Crippen LogP contribution in [0.3, 0.4) is 0 Å². The lowest BCUT2D eigenvalue weighted by Crippen LogP contribution is -2.11. The standard InChI is InChI=1S/C15H18O2/c1-3-17-15(16)11(2)13-10-6-8-12-7-4-5-9-14(12)13/h6,8,10H,2-5,7,9H2,1H3. The third-order valence-electron chi connectivity index (χ3n) is 3.24. The lowest BCUT2D eigenvalue weighted by molar-refractivity contribution is -0.136. The second-order valence-electron chi connectivity index (χ2n) is 4.35. The van der Waals surface area contributed by atoms with Gasteiger partial charge in [-0.3, -0.25) is 0 Å². The van der Waals surface area contributed by atoms with E-state index in [0.29, 0.717) is 12.2 Å². The summed E-state index contributed by atoms with van der Waals surface area (Å²) in [6.07, 6.45) is 4.59. The minimum absolute atomic E-state index is 0.300. The number of ether oxygens (including phenoxy) is 1. The van der Waals surface area contributed by atoms with Crippen LogP contribution in [-0.2, 0) is 22.4 Å². The Hall–Kier alpha value is -1.57. The van der Waals surface area contributed by atoms with Crippen LogP contribution < -0.4 is 0 Å². The van der Waals surface area contributed by atoms with Gasteiger partial charge in [0.1, 0.15) is 0 Å². The van der Waals surface area contributed by atoms with E-state index in [4.69, 9.17) is 4.74 Å². The summed E-state index contributed by atoms with van der Waals surface area (Å²) in [5, 5.41) is 0. The molecule has 1 aliphatic rings. The number of carbonyl (C=O) groups is 1. The Morgan fingerprint density at radius 1 is 1.35 bits per heavy atom. The quantitative estimate of drug-likeness (QED) is 0.589. The summed E-state index contributed by atoms with van der Waals surface area (Å²) in [7, 11) is 0. The van der Waals surface area contributed by atoms with Crippen LogP contribution in [0.1, 0.15) is 36.5 Å². The highest BCUT2D eigenvalue weighted by Crippen LogP contribution is 2.28. The van der Waals surface area contributed by atoms with E-state index in [0.717, 1.165) is 18.4 Å². The molecule has 0 heterocycles. The number of hydrogen-bond donors (Lipinski definition) is 0. The molecule has 0 radical (unpaired) electrons. The van der Waals surface area contributed by atoms with Crippen molar-refractivity contribution in [1.29, 1.82) is 0 Å². The normalized spacial score (nSPS) is 13.9. The smallest absolute Gasteiger partial charge is 0.338 e. The van der Waals surface area contributed by atoms with Crippen LogP contribution in [0, 0.1) is 0 Å². The van der Waals surface area contributed by atoms with Gasteiger partial charge in [-0.05, 0) is 49.3 Å². The zero-order chi connectivity index (χ0) is 12.3. The Bertz CT molecular complexity index is 446. The highest BCUT2D eigenvalue weighted by Gasteiger charge is 2.18. The predicted molar refractivity (Wildman–Crippen MR) is 68.8 cm³/mol. The fraction of sp³-hybridized carbons (Fsp3) is 0.400. The molecule has 1 aliphatic carbocycles. The Morgan fingerprint density at radius 2 is 2.12 bits per heavy atom. The van der Waals surface area contributed by atoms with Gasteiger partial charge >= 0.3 is 5.97 Å². The van der Waals surface area contributed by atoms with Crippen LogP contribution in [0.2, 0.25) is 0 Å². The van der Waals surface area contributed by atoms with E-state index < -0.39 is 0 Å². The summed E-state index contributed by atoms with van der Waals surface area (Å²) in [5.41, 5.74) is 4.11. The Morgan fingerprint density at radius 3 is 2.88 bits per heavy atom. The van der Waals surface area contributed by atoms with Gasteiger partial charge in [0.15, 0.2) is 0 Å². The first-order chi connectivity index (χ1) is 8.24. The van der Waals surface area contributed by atoms with E-state index >= 15 is 0 Å². The van der Waals surface area contributed by atoms with E-state index in [2.05, 4.69) is 12.6 Å². The average molecular weight is 230 g/mol. The van der Waals surface area contributed by atoms with Crippen molar-refractivity contribution in [3.8, 4) is 0 Å². The van der Waals surface area contributed by atoms with Crippen molar-refractivity contribution in [1.82, 2.24) is 0 Å². The molecule has 90 valence electrons. The van der Waals surface area contributed by atoms with Gasteiger partial charge in [0.25, 0.3) is 0 Å². The maximum Gasteiger partial charge on any atom is 0.338 e. The molecular weight excluding hydrogens is 212 g/mol. The van der Waals surface area contributed by atoms with Crippen molar-refractivity contribution < 1.29 is 9.53 Å². The van der Waals surface area contributed by atoms with E-state index in [9.17, 15) is 4.79 Å². The lowest BCUT2D eigenvalue weighted by atomic mass is 9.86. The van der Waals surface area contributed by atoms with Crippen molar-refractivity contribution in [3.05, 3.63) is 41.5 Å². The summed E-state index contributed by atoms with van der Waals surface area (Å²) < 4.78 is 5.01. The molecule has 0 saturated heterocycles. The summed E-state index contributed by atoms with van der Waals surface area (Å²) >= 11 is 0. The number of aryl methyl sites for hydroxylation is 1. The lowest BCUT2D eigenvalue weighted by Gasteiger charge is -2.19. The van der Waals surface area contributed by atoms with E-state index in [1.807, 2.05) is 19.1 Å². The molecule has 2 rings (SSSR count). The molecule has 2 heteroatoms. The molecule has 0 atom stereocenters. The minimum atomic E-state index is -0.300. The average Bonchev–Trinajstić information content (AvgIpc) is 2.37.